The van der Waals surface area contributed by atoms with Crippen molar-refractivity contribution in [2.75, 3.05) is 78.9 Å². The van der Waals surface area contributed by atoms with Crippen LogP contribution in [0.25, 0.3) is 0 Å². The second-order valence-electron chi connectivity index (χ2n) is 5.74. The number of ether oxygens (including phenoxy) is 3. The Bertz CT molecular complexity index is 219. The average molecular weight is 274 g/mol. The van der Waals surface area contributed by atoms with Gasteiger partial charge in [-0.3, -0.25) is 0 Å². The molecule has 3 aliphatic heterocycles. The number of quaternary nitrogens is 3. The lowest BCUT2D eigenvalue weighted by Crippen LogP contribution is -3.53. The third-order valence-corrected chi connectivity index (χ3v) is 4.63. The molecule has 6 heteroatoms. The summed E-state index contributed by atoms with van der Waals surface area (Å²) in [7, 11) is 0. The molecule has 0 unspecified atom stereocenters. The molecule has 6 nitrogen and oxygen atoms in total. The van der Waals surface area contributed by atoms with Crippen LogP contribution in [0.2, 0.25) is 0 Å². The van der Waals surface area contributed by atoms with Crippen LogP contribution in [0.1, 0.15) is 0 Å². The van der Waals surface area contributed by atoms with Crippen molar-refractivity contribution in [1.29, 1.82) is 0 Å². The summed E-state index contributed by atoms with van der Waals surface area (Å²) in [5.74, 6) is 0. The van der Waals surface area contributed by atoms with E-state index in [0.717, 1.165) is 78.9 Å². The molecular weight excluding hydrogens is 246 g/mol. The largest absolute Gasteiger partial charge is 0.370 e. The first-order valence-corrected chi connectivity index (χ1v) is 7.72. The molecule has 3 fully saturated rings. The topological polar surface area (TPSA) is 41.0 Å². The summed E-state index contributed by atoms with van der Waals surface area (Å²) < 4.78 is 16.6. The Hall–Kier alpha value is -0.240. The molecule has 0 aromatic heterocycles. The molecule has 0 bridgehead atoms. The van der Waals surface area contributed by atoms with Crippen molar-refractivity contribution in [2.24, 2.45) is 0 Å². The van der Waals surface area contributed by atoms with E-state index in [1.54, 1.807) is 14.7 Å². The fraction of sp³-hybridized carbons (Fsp3) is 1.00. The molecule has 3 N–H and O–H groups in total. The molecule has 3 saturated heterocycles. The standard InChI is InChI=1S/C13H25N3O3/c1-7-17-8-2-14(1)13(15-3-9-18-10-4-15)16-5-11-19-12-6-16/h13H,1-12H2/p+3. The molecule has 0 saturated carbocycles. The van der Waals surface area contributed by atoms with Crippen molar-refractivity contribution >= 4 is 0 Å². The van der Waals surface area contributed by atoms with Crippen LogP contribution < -0.4 is 14.7 Å². The highest BCUT2D eigenvalue weighted by Gasteiger charge is 2.42. The van der Waals surface area contributed by atoms with Crippen molar-refractivity contribution in [1.82, 2.24) is 0 Å². The molecule has 0 amide bonds. The van der Waals surface area contributed by atoms with Crippen LogP contribution in [-0.2, 0) is 14.2 Å². The number of hydrogen-bond donors (Lipinski definition) is 3. The van der Waals surface area contributed by atoms with Gasteiger partial charge in [0, 0.05) is 0 Å². The summed E-state index contributed by atoms with van der Waals surface area (Å²) in [6.07, 6.45) is 0.650. The van der Waals surface area contributed by atoms with E-state index in [0.29, 0.717) is 6.29 Å². The molecule has 110 valence electrons. The molecule has 0 aromatic carbocycles. The van der Waals surface area contributed by atoms with Crippen LogP contribution in [0, 0.1) is 0 Å². The molecule has 19 heavy (non-hydrogen) atoms. The van der Waals surface area contributed by atoms with E-state index in [2.05, 4.69) is 0 Å². The van der Waals surface area contributed by atoms with Crippen LogP contribution in [0.5, 0.6) is 0 Å². The molecular formula is C13H28N3O3+3. The first-order chi connectivity index (χ1) is 9.45. The van der Waals surface area contributed by atoms with Gasteiger partial charge in [0.05, 0.1) is 39.6 Å². The van der Waals surface area contributed by atoms with Gasteiger partial charge < -0.3 is 14.2 Å². The molecule has 0 radical (unpaired) electrons. The maximum Gasteiger partial charge on any atom is 0.339 e. The van der Waals surface area contributed by atoms with E-state index >= 15 is 0 Å². The van der Waals surface area contributed by atoms with Gasteiger partial charge in [-0.15, -0.1) is 0 Å². The molecule has 3 rings (SSSR count). The first-order valence-electron chi connectivity index (χ1n) is 7.72. The minimum absolute atomic E-state index is 0.650. The van der Waals surface area contributed by atoms with Crippen molar-refractivity contribution in [3.8, 4) is 0 Å². The van der Waals surface area contributed by atoms with Gasteiger partial charge in [-0.05, 0) is 0 Å². The van der Waals surface area contributed by atoms with E-state index < -0.39 is 0 Å². The maximum atomic E-state index is 5.54. The minimum Gasteiger partial charge on any atom is -0.370 e. The van der Waals surface area contributed by atoms with E-state index in [1.807, 2.05) is 0 Å². The molecule has 3 heterocycles. The lowest BCUT2D eigenvalue weighted by Gasteiger charge is -2.40. The summed E-state index contributed by atoms with van der Waals surface area (Å²) in [6, 6.07) is 0. The Morgan fingerprint density at radius 2 is 0.737 bits per heavy atom. The highest BCUT2D eigenvalue weighted by molar-refractivity contribution is 4.45. The van der Waals surface area contributed by atoms with Gasteiger partial charge in [0.2, 0.25) is 0 Å². The predicted octanol–water partition coefficient (Wildman–Crippen LogP) is -4.98. The molecule has 0 spiro atoms. The Balaban J connectivity index is 1.68. The SMILES string of the molecule is C1C[NH+](C([NH+]2CCOCC2)[NH+]2CCOCC2)CCO1. The van der Waals surface area contributed by atoms with Crippen LogP contribution in [0.3, 0.4) is 0 Å². The van der Waals surface area contributed by atoms with Crippen molar-refractivity contribution < 1.29 is 28.9 Å². The van der Waals surface area contributed by atoms with Gasteiger partial charge in [0.15, 0.2) is 0 Å². The third-order valence-electron chi connectivity index (χ3n) is 4.63. The second-order valence-corrected chi connectivity index (χ2v) is 5.74. The van der Waals surface area contributed by atoms with E-state index in [-0.39, 0.29) is 0 Å². The highest BCUT2D eigenvalue weighted by atomic mass is 16.5. The molecule has 0 aliphatic carbocycles. The van der Waals surface area contributed by atoms with E-state index in [9.17, 15) is 0 Å². The third kappa shape index (κ3) is 3.45. The number of hydrogen-bond acceptors (Lipinski definition) is 3. The van der Waals surface area contributed by atoms with Gasteiger partial charge in [-0.2, -0.15) is 0 Å². The van der Waals surface area contributed by atoms with Crippen LogP contribution in [0.4, 0.5) is 0 Å². The summed E-state index contributed by atoms with van der Waals surface area (Å²) in [5.41, 5.74) is 0. The Kier molecular flexibility index (Phi) is 5.03. The van der Waals surface area contributed by atoms with Crippen LogP contribution >= 0.6 is 0 Å². The smallest absolute Gasteiger partial charge is 0.339 e. The zero-order valence-electron chi connectivity index (χ0n) is 11.8. The minimum atomic E-state index is 0.650. The van der Waals surface area contributed by atoms with Gasteiger partial charge >= 0.3 is 6.29 Å². The second kappa shape index (κ2) is 6.97. The fourth-order valence-corrected chi connectivity index (χ4v) is 3.63. The molecule has 3 aliphatic rings. The van der Waals surface area contributed by atoms with Crippen molar-refractivity contribution in [2.45, 2.75) is 6.29 Å². The quantitative estimate of drug-likeness (QED) is 0.483. The van der Waals surface area contributed by atoms with Crippen molar-refractivity contribution in [3.05, 3.63) is 0 Å². The molecule has 0 atom stereocenters. The zero-order valence-corrected chi connectivity index (χ0v) is 11.8. The first kappa shape index (κ1) is 13.7. The monoisotopic (exact) mass is 274 g/mol. The summed E-state index contributed by atoms with van der Waals surface area (Å²) in [5, 5.41) is 0. The summed E-state index contributed by atoms with van der Waals surface area (Å²) >= 11 is 0. The number of rotatable bonds is 3. The summed E-state index contributed by atoms with van der Waals surface area (Å²) in [6.45, 7) is 12.4. The average Bonchev–Trinajstić information content (AvgIpc) is 2.51. The lowest BCUT2D eigenvalue weighted by molar-refractivity contribution is -1.28. The van der Waals surface area contributed by atoms with Gasteiger partial charge in [0.1, 0.15) is 39.3 Å². The van der Waals surface area contributed by atoms with Crippen LogP contribution in [0.15, 0.2) is 0 Å². The van der Waals surface area contributed by atoms with Gasteiger partial charge in [-0.25, -0.2) is 14.7 Å². The maximum absolute atomic E-state index is 5.54. The predicted molar refractivity (Wildman–Crippen MR) is 68.3 cm³/mol. The Morgan fingerprint density at radius 3 is 1.00 bits per heavy atom. The summed E-state index contributed by atoms with van der Waals surface area (Å²) in [4.78, 5) is 5.17. The number of nitrogens with one attached hydrogen (secondary N) is 3. The molecule has 0 aromatic rings. The Morgan fingerprint density at radius 1 is 0.474 bits per heavy atom. The zero-order chi connectivity index (χ0) is 12.9. The highest BCUT2D eigenvalue weighted by Crippen LogP contribution is 1.80. The normalized spacial score (nSPS) is 28.9. The van der Waals surface area contributed by atoms with Gasteiger partial charge in [-0.1, -0.05) is 0 Å². The van der Waals surface area contributed by atoms with E-state index in [1.165, 1.54) is 0 Å². The number of morpholine rings is 3. The lowest BCUT2D eigenvalue weighted by atomic mass is 10.3. The Labute approximate surface area is 115 Å². The fourth-order valence-electron chi connectivity index (χ4n) is 3.63. The van der Waals surface area contributed by atoms with Gasteiger partial charge in [0.25, 0.3) is 0 Å². The van der Waals surface area contributed by atoms with Crippen molar-refractivity contribution in [3.63, 3.8) is 0 Å². The van der Waals surface area contributed by atoms with E-state index in [4.69, 9.17) is 14.2 Å². The van der Waals surface area contributed by atoms with Crippen LogP contribution in [-0.4, -0.2) is 85.2 Å².